The maximum absolute atomic E-state index is 4.73. The number of rotatable bonds is 1. The van der Waals surface area contributed by atoms with Crippen LogP contribution in [0, 0.1) is 0 Å². The van der Waals surface area contributed by atoms with Crippen molar-refractivity contribution in [3.05, 3.63) is 77.9 Å². The van der Waals surface area contributed by atoms with Gasteiger partial charge in [-0.25, -0.2) is 5.32 Å². The Balaban J connectivity index is 1.90. The first-order valence-electron chi connectivity index (χ1n) is 6.42. The van der Waals surface area contributed by atoms with E-state index in [-0.39, 0.29) is 0 Å². The molecule has 1 nitrogen and oxygen atoms in total. The van der Waals surface area contributed by atoms with Gasteiger partial charge in [0.15, 0.2) is 0 Å². The van der Waals surface area contributed by atoms with E-state index in [9.17, 15) is 0 Å². The Hall–Kier alpha value is -2.54. The third kappa shape index (κ3) is 1.63. The molecule has 1 radical (unpaired) electrons. The van der Waals surface area contributed by atoms with Gasteiger partial charge in [-0.05, 0) is 22.9 Å². The molecule has 0 amide bonds. The number of para-hydroxylation sites is 1. The molecular formula is C18H12N. The molecule has 1 aliphatic heterocycles. The van der Waals surface area contributed by atoms with Crippen LogP contribution < -0.4 is 5.32 Å². The molecule has 3 aromatic carbocycles. The Labute approximate surface area is 112 Å². The van der Waals surface area contributed by atoms with Crippen molar-refractivity contribution in [3.63, 3.8) is 0 Å². The van der Waals surface area contributed by atoms with Gasteiger partial charge in [-0.3, -0.25) is 0 Å². The predicted molar refractivity (Wildman–Crippen MR) is 80.1 cm³/mol. The van der Waals surface area contributed by atoms with Crippen molar-refractivity contribution in [2.45, 2.75) is 0 Å². The van der Waals surface area contributed by atoms with E-state index in [0.29, 0.717) is 0 Å². The minimum atomic E-state index is 1.05. The van der Waals surface area contributed by atoms with Crippen molar-refractivity contribution >= 4 is 28.2 Å². The highest BCUT2D eigenvalue weighted by molar-refractivity contribution is 6.01. The maximum Gasteiger partial charge on any atom is 0.0722 e. The molecule has 0 aliphatic carbocycles. The molecule has 0 unspecified atom stereocenters. The molecule has 1 heteroatoms. The molecule has 0 fully saturated rings. The molecule has 0 bridgehead atoms. The minimum Gasteiger partial charge on any atom is -0.248 e. The zero-order chi connectivity index (χ0) is 12.7. The highest BCUT2D eigenvalue weighted by Crippen LogP contribution is 2.34. The topological polar surface area (TPSA) is 14.1 Å². The first kappa shape index (κ1) is 10.4. The quantitative estimate of drug-likeness (QED) is 0.592. The van der Waals surface area contributed by atoms with Crippen LogP contribution in [0.2, 0.25) is 0 Å². The highest BCUT2D eigenvalue weighted by Gasteiger charge is 2.16. The Bertz CT molecular complexity index is 794. The summed E-state index contributed by atoms with van der Waals surface area (Å²) in [4.78, 5) is 0. The SMILES string of the molecule is C1=C(c2cccc3ccccc23)[N]c2ccccc21. The summed E-state index contributed by atoms with van der Waals surface area (Å²) >= 11 is 0. The van der Waals surface area contributed by atoms with E-state index in [1.54, 1.807) is 0 Å². The van der Waals surface area contributed by atoms with Crippen LogP contribution in [0.1, 0.15) is 11.1 Å². The summed E-state index contributed by atoms with van der Waals surface area (Å²) < 4.78 is 0. The van der Waals surface area contributed by atoms with Gasteiger partial charge in [0.2, 0.25) is 0 Å². The van der Waals surface area contributed by atoms with Crippen LogP contribution >= 0.6 is 0 Å². The van der Waals surface area contributed by atoms with Gasteiger partial charge in [0, 0.05) is 11.1 Å². The van der Waals surface area contributed by atoms with Crippen molar-refractivity contribution in [1.82, 2.24) is 5.32 Å². The highest BCUT2D eigenvalue weighted by atomic mass is 14.9. The number of nitrogens with zero attached hydrogens (tertiary/aromatic N) is 1. The van der Waals surface area contributed by atoms with Crippen molar-refractivity contribution in [3.8, 4) is 0 Å². The van der Waals surface area contributed by atoms with Crippen molar-refractivity contribution < 1.29 is 0 Å². The first-order valence-corrected chi connectivity index (χ1v) is 6.42. The van der Waals surface area contributed by atoms with E-state index >= 15 is 0 Å². The number of hydrogen-bond donors (Lipinski definition) is 0. The predicted octanol–water partition coefficient (Wildman–Crippen LogP) is 4.59. The van der Waals surface area contributed by atoms with Crippen LogP contribution in [0.3, 0.4) is 0 Å². The molecule has 0 spiro atoms. The zero-order valence-electron chi connectivity index (χ0n) is 10.4. The summed E-state index contributed by atoms with van der Waals surface area (Å²) in [6, 6.07) is 23.1. The fourth-order valence-electron chi connectivity index (χ4n) is 2.61. The summed E-state index contributed by atoms with van der Waals surface area (Å²) in [5, 5.41) is 7.25. The summed E-state index contributed by atoms with van der Waals surface area (Å²) in [6.07, 6.45) is 2.16. The van der Waals surface area contributed by atoms with Crippen LogP contribution in [0.4, 0.5) is 5.69 Å². The Morgan fingerprint density at radius 1 is 0.684 bits per heavy atom. The molecule has 89 valence electrons. The molecule has 0 saturated heterocycles. The maximum atomic E-state index is 4.73. The van der Waals surface area contributed by atoms with Crippen LogP contribution in [-0.4, -0.2) is 0 Å². The number of fused-ring (bicyclic) bond motifs is 2. The molecular weight excluding hydrogens is 230 g/mol. The lowest BCUT2D eigenvalue weighted by atomic mass is 10.0. The van der Waals surface area contributed by atoms with E-state index in [4.69, 9.17) is 5.32 Å². The summed E-state index contributed by atoms with van der Waals surface area (Å²) in [7, 11) is 0. The molecule has 0 N–H and O–H groups in total. The van der Waals surface area contributed by atoms with E-state index < -0.39 is 0 Å². The van der Waals surface area contributed by atoms with Crippen molar-refractivity contribution in [2.24, 2.45) is 0 Å². The Kier molecular flexibility index (Phi) is 2.18. The Morgan fingerprint density at radius 2 is 1.47 bits per heavy atom. The van der Waals surface area contributed by atoms with Crippen molar-refractivity contribution in [1.29, 1.82) is 0 Å². The number of hydrogen-bond acceptors (Lipinski definition) is 0. The van der Waals surface area contributed by atoms with Gasteiger partial charge >= 0.3 is 0 Å². The van der Waals surface area contributed by atoms with Crippen LogP contribution in [0.25, 0.3) is 22.5 Å². The molecule has 0 saturated carbocycles. The fraction of sp³-hybridized carbons (Fsp3) is 0. The van der Waals surface area contributed by atoms with Gasteiger partial charge < -0.3 is 0 Å². The average Bonchev–Trinajstić information content (AvgIpc) is 2.90. The standard InChI is InChI=1S/C18H12N/c1-3-9-15-13(6-1)8-5-10-16(15)18-12-14-7-2-4-11-17(14)19-18/h1-12H. The molecule has 1 aliphatic rings. The largest absolute Gasteiger partial charge is 0.248 e. The van der Waals surface area contributed by atoms with Gasteiger partial charge in [-0.15, -0.1) is 0 Å². The first-order chi connectivity index (χ1) is 9.42. The lowest BCUT2D eigenvalue weighted by Gasteiger charge is -2.07. The second kappa shape index (κ2) is 3.99. The Morgan fingerprint density at radius 3 is 2.42 bits per heavy atom. The fourth-order valence-corrected chi connectivity index (χ4v) is 2.61. The van der Waals surface area contributed by atoms with Gasteiger partial charge in [0.05, 0.1) is 11.4 Å². The van der Waals surface area contributed by atoms with Gasteiger partial charge in [-0.2, -0.15) is 0 Å². The zero-order valence-corrected chi connectivity index (χ0v) is 10.4. The summed E-state index contributed by atoms with van der Waals surface area (Å²) in [5.41, 5.74) is 4.52. The van der Waals surface area contributed by atoms with Gasteiger partial charge in [-0.1, -0.05) is 60.7 Å². The monoisotopic (exact) mass is 242 g/mol. The van der Waals surface area contributed by atoms with Gasteiger partial charge in [0.1, 0.15) is 0 Å². The summed E-state index contributed by atoms with van der Waals surface area (Å²) in [5.74, 6) is 0. The average molecular weight is 242 g/mol. The molecule has 1 heterocycles. The van der Waals surface area contributed by atoms with Crippen molar-refractivity contribution in [2.75, 3.05) is 0 Å². The molecule has 0 atom stereocenters. The molecule has 19 heavy (non-hydrogen) atoms. The molecule has 4 rings (SSSR count). The molecule has 3 aromatic rings. The second-order valence-electron chi connectivity index (χ2n) is 4.73. The third-order valence-electron chi connectivity index (χ3n) is 3.54. The lowest BCUT2D eigenvalue weighted by molar-refractivity contribution is 1.24. The van der Waals surface area contributed by atoms with Gasteiger partial charge in [0.25, 0.3) is 0 Å². The summed E-state index contributed by atoms with van der Waals surface area (Å²) in [6.45, 7) is 0. The minimum absolute atomic E-state index is 1.05. The lowest BCUT2D eigenvalue weighted by Crippen LogP contribution is -1.93. The van der Waals surface area contributed by atoms with E-state index in [0.717, 1.165) is 11.4 Å². The normalized spacial score (nSPS) is 12.9. The van der Waals surface area contributed by atoms with E-state index in [2.05, 4.69) is 66.7 Å². The third-order valence-corrected chi connectivity index (χ3v) is 3.54. The van der Waals surface area contributed by atoms with Crippen LogP contribution in [0.15, 0.2) is 66.7 Å². The number of benzene rings is 3. The van der Waals surface area contributed by atoms with Crippen LogP contribution in [0.5, 0.6) is 0 Å². The second-order valence-corrected chi connectivity index (χ2v) is 4.73. The smallest absolute Gasteiger partial charge is 0.0722 e. The molecule has 0 aromatic heterocycles. The van der Waals surface area contributed by atoms with Crippen LogP contribution in [-0.2, 0) is 0 Å². The van der Waals surface area contributed by atoms with E-state index in [1.807, 2.05) is 6.07 Å². The van der Waals surface area contributed by atoms with E-state index in [1.165, 1.54) is 21.9 Å².